The highest BCUT2D eigenvalue weighted by Gasteiger charge is 2.53. The quantitative estimate of drug-likeness (QED) is 0.733. The first-order valence-electron chi connectivity index (χ1n) is 8.13. The van der Waals surface area contributed by atoms with Crippen LogP contribution in [-0.4, -0.2) is 37.4 Å². The lowest BCUT2D eigenvalue weighted by atomic mass is 9.73. The second-order valence-electron chi connectivity index (χ2n) is 6.94. The van der Waals surface area contributed by atoms with E-state index in [0.717, 1.165) is 12.8 Å². The van der Waals surface area contributed by atoms with Crippen LogP contribution in [0, 0.1) is 17.8 Å². The van der Waals surface area contributed by atoms with Crippen molar-refractivity contribution in [3.8, 4) is 0 Å². The molecule has 0 bridgehead atoms. The highest BCUT2D eigenvalue weighted by molar-refractivity contribution is 5.71. The lowest BCUT2D eigenvalue weighted by Crippen LogP contribution is -2.56. The molecule has 0 aromatic carbocycles. The van der Waals surface area contributed by atoms with Crippen LogP contribution in [0.2, 0.25) is 0 Å². The van der Waals surface area contributed by atoms with Crippen molar-refractivity contribution in [1.29, 1.82) is 0 Å². The number of hydrogen-bond acceptors (Lipinski definition) is 5. The molecule has 0 aromatic rings. The molecule has 0 amide bonds. The number of hydrogen-bond donors (Lipinski definition) is 0. The van der Waals surface area contributed by atoms with E-state index in [1.54, 1.807) is 0 Å². The van der Waals surface area contributed by atoms with Gasteiger partial charge in [0.1, 0.15) is 6.10 Å². The fourth-order valence-electron chi connectivity index (χ4n) is 3.69. The van der Waals surface area contributed by atoms with E-state index in [1.807, 2.05) is 0 Å². The predicted molar refractivity (Wildman–Crippen MR) is 75.3 cm³/mol. The first-order valence-corrected chi connectivity index (χ1v) is 8.13. The van der Waals surface area contributed by atoms with E-state index in [4.69, 9.17) is 18.9 Å². The third-order valence-corrected chi connectivity index (χ3v) is 5.17. The molecule has 3 fully saturated rings. The van der Waals surface area contributed by atoms with E-state index in [1.165, 1.54) is 6.42 Å². The summed E-state index contributed by atoms with van der Waals surface area (Å²) in [7, 11) is 0. The zero-order chi connectivity index (χ0) is 15.0. The zero-order valence-electron chi connectivity index (χ0n) is 13.2. The van der Waals surface area contributed by atoms with Crippen LogP contribution >= 0.6 is 0 Å². The van der Waals surface area contributed by atoms with E-state index in [2.05, 4.69) is 20.8 Å². The molecule has 21 heavy (non-hydrogen) atoms. The summed E-state index contributed by atoms with van der Waals surface area (Å²) in [4.78, 5) is 12.1. The molecule has 1 spiro atoms. The van der Waals surface area contributed by atoms with Crippen molar-refractivity contribution in [2.75, 3.05) is 13.2 Å². The summed E-state index contributed by atoms with van der Waals surface area (Å²) in [5, 5.41) is 0. The number of ether oxygens (including phenoxy) is 4. The fourth-order valence-corrected chi connectivity index (χ4v) is 3.69. The molecule has 2 saturated heterocycles. The van der Waals surface area contributed by atoms with Gasteiger partial charge in [0.15, 0.2) is 6.29 Å². The van der Waals surface area contributed by atoms with Crippen LogP contribution < -0.4 is 0 Å². The first-order chi connectivity index (χ1) is 10.00. The van der Waals surface area contributed by atoms with Gasteiger partial charge in [-0.25, -0.2) is 0 Å². The molecule has 0 aromatic heterocycles. The molecule has 5 nitrogen and oxygen atoms in total. The standard InChI is InChI=1S/C16H26O5/c1-10(2)12-5-4-11(3)16(9-12)20-13(8-14(17)21-16)15-18-6-7-19-15/h10-13,15H,4-9H2,1-3H3/t11-,12-,13-,16-/m1/s1. The molecule has 2 heterocycles. The topological polar surface area (TPSA) is 54.0 Å². The van der Waals surface area contributed by atoms with Crippen LogP contribution in [-0.2, 0) is 23.7 Å². The lowest BCUT2D eigenvalue weighted by molar-refractivity contribution is -0.333. The van der Waals surface area contributed by atoms with Gasteiger partial charge in [-0.1, -0.05) is 20.8 Å². The average molecular weight is 298 g/mol. The van der Waals surface area contributed by atoms with E-state index >= 15 is 0 Å². The zero-order valence-corrected chi connectivity index (χ0v) is 13.2. The van der Waals surface area contributed by atoms with Crippen molar-refractivity contribution >= 4 is 5.97 Å². The number of esters is 1. The highest BCUT2D eigenvalue weighted by atomic mass is 16.8. The Bertz CT molecular complexity index is 390. The molecule has 1 aliphatic carbocycles. The average Bonchev–Trinajstić information content (AvgIpc) is 2.95. The minimum atomic E-state index is -0.789. The van der Waals surface area contributed by atoms with Gasteiger partial charge in [0.25, 0.3) is 0 Å². The number of carbonyl (C=O) groups excluding carboxylic acids is 1. The van der Waals surface area contributed by atoms with Crippen LogP contribution in [0.25, 0.3) is 0 Å². The van der Waals surface area contributed by atoms with Gasteiger partial charge in [-0.2, -0.15) is 0 Å². The van der Waals surface area contributed by atoms with E-state index in [9.17, 15) is 4.79 Å². The van der Waals surface area contributed by atoms with Gasteiger partial charge in [-0.3, -0.25) is 4.79 Å². The molecule has 5 heteroatoms. The van der Waals surface area contributed by atoms with Crippen molar-refractivity contribution in [3.63, 3.8) is 0 Å². The van der Waals surface area contributed by atoms with Crippen molar-refractivity contribution < 1.29 is 23.7 Å². The summed E-state index contributed by atoms with van der Waals surface area (Å²) < 4.78 is 23.1. The monoisotopic (exact) mass is 298 g/mol. The summed E-state index contributed by atoms with van der Waals surface area (Å²) in [6, 6.07) is 0. The fraction of sp³-hybridized carbons (Fsp3) is 0.938. The van der Waals surface area contributed by atoms with Crippen molar-refractivity contribution in [1.82, 2.24) is 0 Å². The van der Waals surface area contributed by atoms with Crippen molar-refractivity contribution in [2.45, 2.75) is 64.6 Å². The molecule has 1 saturated carbocycles. The van der Waals surface area contributed by atoms with Gasteiger partial charge in [-0.05, 0) is 24.7 Å². The largest absolute Gasteiger partial charge is 0.433 e. The summed E-state index contributed by atoms with van der Waals surface area (Å²) >= 11 is 0. The normalized spacial score (nSPS) is 41.7. The van der Waals surface area contributed by atoms with E-state index in [-0.39, 0.29) is 24.4 Å². The Morgan fingerprint density at radius 3 is 2.57 bits per heavy atom. The summed E-state index contributed by atoms with van der Waals surface area (Å²) in [5.74, 6) is 0.319. The Morgan fingerprint density at radius 1 is 1.19 bits per heavy atom. The van der Waals surface area contributed by atoms with Gasteiger partial charge in [0, 0.05) is 12.3 Å². The highest BCUT2D eigenvalue weighted by Crippen LogP contribution is 2.46. The molecular formula is C16H26O5. The lowest BCUT2D eigenvalue weighted by Gasteiger charge is -2.49. The Morgan fingerprint density at radius 2 is 1.90 bits per heavy atom. The Kier molecular flexibility index (Phi) is 4.26. The minimum Gasteiger partial charge on any atom is -0.433 e. The molecule has 3 rings (SSSR count). The predicted octanol–water partition coefficient (Wildman–Crippen LogP) is 2.48. The molecule has 3 aliphatic rings. The van der Waals surface area contributed by atoms with E-state index < -0.39 is 12.1 Å². The maximum atomic E-state index is 12.1. The molecular weight excluding hydrogens is 272 g/mol. The minimum absolute atomic E-state index is 0.193. The Labute approximate surface area is 126 Å². The molecule has 4 atom stereocenters. The molecule has 120 valence electrons. The number of carbonyl (C=O) groups is 1. The van der Waals surface area contributed by atoms with Crippen LogP contribution in [0.1, 0.15) is 46.5 Å². The van der Waals surface area contributed by atoms with Crippen molar-refractivity contribution in [2.24, 2.45) is 17.8 Å². The molecule has 0 unspecified atom stereocenters. The van der Waals surface area contributed by atoms with Gasteiger partial charge in [-0.15, -0.1) is 0 Å². The van der Waals surface area contributed by atoms with Crippen LogP contribution in [0.4, 0.5) is 0 Å². The SMILES string of the molecule is CC(C)[C@@H]1CC[C@@H](C)[C@@]2(C1)OC(=O)C[C@H](C1OCCO1)O2. The Hall–Kier alpha value is -0.650. The van der Waals surface area contributed by atoms with Gasteiger partial charge in [0.2, 0.25) is 5.79 Å². The van der Waals surface area contributed by atoms with E-state index in [0.29, 0.717) is 25.0 Å². The third-order valence-electron chi connectivity index (χ3n) is 5.17. The Balaban J connectivity index is 1.78. The molecule has 0 N–H and O–H groups in total. The summed E-state index contributed by atoms with van der Waals surface area (Å²) in [6.07, 6.45) is 2.41. The summed E-state index contributed by atoms with van der Waals surface area (Å²) in [6.45, 7) is 7.69. The van der Waals surface area contributed by atoms with Crippen LogP contribution in [0.3, 0.4) is 0 Å². The second-order valence-corrected chi connectivity index (χ2v) is 6.94. The maximum Gasteiger partial charge on any atom is 0.311 e. The second kappa shape index (κ2) is 5.86. The van der Waals surface area contributed by atoms with Crippen LogP contribution in [0.15, 0.2) is 0 Å². The van der Waals surface area contributed by atoms with Gasteiger partial charge >= 0.3 is 5.97 Å². The summed E-state index contributed by atoms with van der Waals surface area (Å²) in [5.41, 5.74) is 0. The smallest absolute Gasteiger partial charge is 0.311 e. The molecule has 2 aliphatic heterocycles. The first kappa shape index (κ1) is 15.3. The van der Waals surface area contributed by atoms with Gasteiger partial charge < -0.3 is 18.9 Å². The molecule has 0 radical (unpaired) electrons. The van der Waals surface area contributed by atoms with Crippen LogP contribution in [0.5, 0.6) is 0 Å². The third kappa shape index (κ3) is 2.96. The van der Waals surface area contributed by atoms with Crippen molar-refractivity contribution in [3.05, 3.63) is 0 Å². The maximum absolute atomic E-state index is 12.1. The number of rotatable bonds is 2. The van der Waals surface area contributed by atoms with Gasteiger partial charge in [0.05, 0.1) is 19.6 Å².